The van der Waals surface area contributed by atoms with E-state index in [4.69, 9.17) is 21.1 Å². The van der Waals surface area contributed by atoms with E-state index in [9.17, 15) is 17.2 Å². The fraction of sp³-hybridized carbons (Fsp3) is 0.250. The molecule has 0 saturated carbocycles. The third-order valence-electron chi connectivity index (χ3n) is 5.71. The van der Waals surface area contributed by atoms with Crippen LogP contribution in [0.1, 0.15) is 11.1 Å². The Morgan fingerprint density at radius 3 is 2.26 bits per heavy atom. The predicted octanol–water partition coefficient (Wildman–Crippen LogP) is 4.39. The van der Waals surface area contributed by atoms with Crippen LogP contribution >= 0.6 is 11.6 Å². The van der Waals surface area contributed by atoms with Crippen molar-refractivity contribution < 1.29 is 26.7 Å². The summed E-state index contributed by atoms with van der Waals surface area (Å²) < 4.78 is 68.4. The van der Waals surface area contributed by atoms with Gasteiger partial charge in [-0.2, -0.15) is 0 Å². The van der Waals surface area contributed by atoms with E-state index in [0.29, 0.717) is 35.1 Å². The lowest BCUT2D eigenvalue weighted by atomic mass is 10.0. The molecule has 1 fully saturated rings. The first kappa shape index (κ1) is 24.3. The molecule has 0 amide bonds. The second-order valence-electron chi connectivity index (χ2n) is 7.78. The molecule has 3 aromatic rings. The van der Waals surface area contributed by atoms with Crippen molar-refractivity contribution in [3.05, 3.63) is 82.4 Å². The fourth-order valence-electron chi connectivity index (χ4n) is 3.85. The summed E-state index contributed by atoms with van der Waals surface area (Å²) in [6, 6.07) is 12.2. The lowest BCUT2D eigenvalue weighted by molar-refractivity contribution is 0.354. The van der Waals surface area contributed by atoms with Gasteiger partial charge in [0.1, 0.15) is 11.6 Å². The number of nitrogens with one attached hydrogen (secondary N) is 1. The zero-order valence-electron chi connectivity index (χ0n) is 18.5. The van der Waals surface area contributed by atoms with Gasteiger partial charge in [-0.3, -0.25) is 4.31 Å². The predicted molar refractivity (Wildman–Crippen MR) is 126 cm³/mol. The van der Waals surface area contributed by atoms with E-state index < -0.39 is 27.7 Å². The van der Waals surface area contributed by atoms with Gasteiger partial charge in [0, 0.05) is 36.2 Å². The van der Waals surface area contributed by atoms with Gasteiger partial charge in [-0.05, 0) is 48.0 Å². The Kier molecular flexibility index (Phi) is 6.97. The van der Waals surface area contributed by atoms with E-state index in [2.05, 4.69) is 5.32 Å². The summed E-state index contributed by atoms with van der Waals surface area (Å²) in [5, 5.41) is 3.40. The van der Waals surface area contributed by atoms with E-state index in [1.807, 2.05) is 0 Å². The average Bonchev–Trinajstić information content (AvgIpc) is 2.78. The largest absolute Gasteiger partial charge is 0.493 e. The monoisotopic (exact) mass is 508 g/mol. The second-order valence-corrected chi connectivity index (χ2v) is 10.0. The van der Waals surface area contributed by atoms with Crippen LogP contribution in [0.15, 0.2) is 59.5 Å². The molecule has 0 spiro atoms. The highest BCUT2D eigenvalue weighted by molar-refractivity contribution is 7.92. The molecule has 0 bridgehead atoms. The maximum Gasteiger partial charge on any atom is 0.264 e. The van der Waals surface area contributed by atoms with Crippen LogP contribution in [-0.2, 0) is 16.4 Å². The Bertz CT molecular complexity index is 1300. The van der Waals surface area contributed by atoms with E-state index >= 15 is 0 Å². The van der Waals surface area contributed by atoms with Crippen molar-refractivity contribution in [3.63, 3.8) is 0 Å². The number of nitrogens with zero attached hydrogens (tertiary/aromatic N) is 1. The van der Waals surface area contributed by atoms with Gasteiger partial charge >= 0.3 is 0 Å². The Morgan fingerprint density at radius 1 is 1.00 bits per heavy atom. The van der Waals surface area contributed by atoms with Crippen molar-refractivity contribution in [2.24, 2.45) is 0 Å². The third-order valence-corrected chi connectivity index (χ3v) is 7.81. The summed E-state index contributed by atoms with van der Waals surface area (Å²) in [5.41, 5.74) is 0.516. The number of benzene rings is 3. The number of halogens is 3. The zero-order valence-corrected chi connectivity index (χ0v) is 20.1. The number of anilines is 1. The zero-order chi connectivity index (χ0) is 24.5. The topological polar surface area (TPSA) is 67.9 Å². The van der Waals surface area contributed by atoms with Crippen LogP contribution < -0.4 is 19.1 Å². The van der Waals surface area contributed by atoms with Crippen molar-refractivity contribution in [1.29, 1.82) is 0 Å². The molecule has 3 aromatic carbocycles. The standard InChI is InChI=1S/C24H23ClF2N2O4S/c1-32-23-9-7-18(12-24(23)33-2)34(30,31)29(17-13-28-14-17)22-8-6-16(25)10-15(22)11-19-20(26)4-3-5-21(19)27/h3-10,12,17,28H,11,13-14H2,1-2H3. The summed E-state index contributed by atoms with van der Waals surface area (Å²) in [7, 11) is -1.22. The molecule has 180 valence electrons. The molecule has 0 atom stereocenters. The van der Waals surface area contributed by atoms with Gasteiger partial charge in [0.05, 0.1) is 30.8 Å². The van der Waals surface area contributed by atoms with E-state index in [0.717, 1.165) is 12.1 Å². The normalized spacial score (nSPS) is 13.9. The highest BCUT2D eigenvalue weighted by Crippen LogP contribution is 2.36. The smallest absolute Gasteiger partial charge is 0.264 e. The SMILES string of the molecule is COc1ccc(S(=O)(=O)N(c2ccc(Cl)cc2Cc2c(F)cccc2F)C2CNC2)cc1OC. The summed E-state index contributed by atoms with van der Waals surface area (Å²) >= 11 is 6.20. The van der Waals surface area contributed by atoms with Crippen LogP contribution in [0.4, 0.5) is 14.5 Å². The molecule has 1 aliphatic heterocycles. The first-order valence-electron chi connectivity index (χ1n) is 10.4. The molecule has 1 saturated heterocycles. The molecule has 6 nitrogen and oxygen atoms in total. The van der Waals surface area contributed by atoms with Crippen LogP contribution in [0.25, 0.3) is 0 Å². The molecule has 10 heteroatoms. The van der Waals surface area contributed by atoms with E-state index in [1.54, 1.807) is 12.1 Å². The molecule has 0 unspecified atom stereocenters. The molecule has 0 radical (unpaired) electrons. The van der Waals surface area contributed by atoms with Crippen LogP contribution in [0, 0.1) is 11.6 Å². The molecule has 1 aliphatic rings. The minimum atomic E-state index is -4.09. The quantitative estimate of drug-likeness (QED) is 0.489. The molecular formula is C24H23ClF2N2O4S. The lowest BCUT2D eigenvalue weighted by Crippen LogP contribution is -2.59. The summed E-state index contributed by atoms with van der Waals surface area (Å²) in [6.07, 6.45) is -0.174. The third kappa shape index (κ3) is 4.55. The molecule has 34 heavy (non-hydrogen) atoms. The first-order chi connectivity index (χ1) is 16.3. The number of ether oxygens (including phenoxy) is 2. The van der Waals surface area contributed by atoms with Gasteiger partial charge < -0.3 is 14.8 Å². The van der Waals surface area contributed by atoms with Crippen molar-refractivity contribution in [1.82, 2.24) is 5.32 Å². The van der Waals surface area contributed by atoms with Crippen LogP contribution in [0.2, 0.25) is 5.02 Å². The van der Waals surface area contributed by atoms with Crippen LogP contribution in [-0.4, -0.2) is 41.8 Å². The van der Waals surface area contributed by atoms with Crippen molar-refractivity contribution in [2.45, 2.75) is 17.4 Å². The molecular weight excluding hydrogens is 486 g/mol. The maximum absolute atomic E-state index is 14.4. The van der Waals surface area contributed by atoms with E-state index in [-0.39, 0.29) is 22.6 Å². The minimum Gasteiger partial charge on any atom is -0.493 e. The van der Waals surface area contributed by atoms with E-state index in [1.165, 1.54) is 48.9 Å². The maximum atomic E-state index is 14.4. The number of hydrogen-bond acceptors (Lipinski definition) is 5. The summed E-state index contributed by atoms with van der Waals surface area (Å²) in [4.78, 5) is -0.00461. The molecule has 1 N–H and O–H groups in total. The van der Waals surface area contributed by atoms with Crippen molar-refractivity contribution in [2.75, 3.05) is 31.6 Å². The van der Waals surface area contributed by atoms with Crippen LogP contribution in [0.5, 0.6) is 11.5 Å². The fourth-order valence-corrected chi connectivity index (χ4v) is 5.75. The Hall–Kier alpha value is -2.88. The van der Waals surface area contributed by atoms with Gasteiger partial charge in [-0.15, -0.1) is 0 Å². The minimum absolute atomic E-state index is 0.00461. The number of methoxy groups -OCH3 is 2. The molecule has 4 rings (SSSR count). The van der Waals surface area contributed by atoms with Gasteiger partial charge in [-0.25, -0.2) is 17.2 Å². The summed E-state index contributed by atoms with van der Waals surface area (Å²) in [5.74, 6) is -0.781. The Labute approximate surface area is 202 Å². The number of hydrogen-bond donors (Lipinski definition) is 1. The van der Waals surface area contributed by atoms with Gasteiger partial charge in [0.25, 0.3) is 10.0 Å². The second kappa shape index (κ2) is 9.77. The average molecular weight is 509 g/mol. The Morgan fingerprint density at radius 2 is 1.68 bits per heavy atom. The van der Waals surface area contributed by atoms with Gasteiger partial charge in [0.15, 0.2) is 11.5 Å². The number of rotatable bonds is 8. The van der Waals surface area contributed by atoms with Crippen molar-refractivity contribution in [3.8, 4) is 11.5 Å². The first-order valence-corrected chi connectivity index (χ1v) is 12.3. The van der Waals surface area contributed by atoms with Gasteiger partial charge in [-0.1, -0.05) is 17.7 Å². The van der Waals surface area contributed by atoms with Crippen LogP contribution in [0.3, 0.4) is 0 Å². The molecule has 1 heterocycles. The lowest BCUT2D eigenvalue weighted by Gasteiger charge is -2.39. The van der Waals surface area contributed by atoms with Crippen molar-refractivity contribution >= 4 is 27.3 Å². The highest BCUT2D eigenvalue weighted by atomic mass is 35.5. The Balaban J connectivity index is 1.85. The molecule has 0 aliphatic carbocycles. The number of sulfonamides is 1. The summed E-state index contributed by atoms with van der Waals surface area (Å²) in [6.45, 7) is 0.839. The highest BCUT2D eigenvalue weighted by Gasteiger charge is 2.37. The van der Waals surface area contributed by atoms with Gasteiger partial charge in [0.2, 0.25) is 0 Å². The molecule has 0 aromatic heterocycles.